The molecule has 2 aromatic rings. The van der Waals surface area contributed by atoms with Gasteiger partial charge < -0.3 is 36.3 Å². The van der Waals surface area contributed by atoms with Crippen LogP contribution in [-0.2, 0) is 36.9 Å². The number of nitrogens with two attached hydrogens (primary N) is 2. The Morgan fingerprint density at radius 2 is 2.13 bits per heavy atom. The van der Waals surface area contributed by atoms with Gasteiger partial charge in [0.05, 0.1) is 23.2 Å². The van der Waals surface area contributed by atoms with E-state index >= 15 is 0 Å². The number of amides is 3. The van der Waals surface area contributed by atoms with Crippen LogP contribution in [0.15, 0.2) is 27.3 Å². The molecule has 4 rings (SSSR count). The molecular weight excluding hydrogens is 558 g/mol. The summed E-state index contributed by atoms with van der Waals surface area (Å²) in [5, 5.41) is 19.5. The molecule has 0 aromatic carbocycles. The lowest BCUT2D eigenvalue weighted by Crippen LogP contribution is -2.71. The normalized spacial score (nSPS) is 19.1. The highest BCUT2D eigenvalue weighted by molar-refractivity contribution is 8.00. The summed E-state index contributed by atoms with van der Waals surface area (Å²) in [5.74, 6) is -2.48. The number of oxime groups is 1. The number of carboxylic acid groups (broad SMARTS) is 1. The lowest BCUT2D eigenvalue weighted by Gasteiger charge is -2.50. The highest BCUT2D eigenvalue weighted by atomic mass is 32.2. The van der Waals surface area contributed by atoms with E-state index in [0.717, 1.165) is 26.8 Å². The molecule has 0 unspecified atom stereocenters. The van der Waals surface area contributed by atoms with E-state index in [1.54, 1.807) is 0 Å². The smallest absolute Gasteiger partial charge is 0.404 e. The summed E-state index contributed by atoms with van der Waals surface area (Å²) in [6.45, 7) is 2.21. The van der Waals surface area contributed by atoms with Gasteiger partial charge in [-0.05, 0) is 0 Å². The standard InChI is InChI=1S/C21H23N7O7S3/c1-9-12(3-4-35-21(23)33)38-8-27(9)5-10-6-36-18-14(17(30)28(18)15(10)19(31)32)25-16(29)13(26-34-2)11-7-37-20(22)24-11/h7-8,14,18H,3-6H2,1-2H3,(H5-,22,23,24,25,29,31,32,33)/b26-13-/t14-,18-/m1/s1. The number of carboxylic acids is 1. The van der Waals surface area contributed by atoms with Crippen molar-refractivity contribution in [3.8, 4) is 0 Å². The molecule has 2 aliphatic rings. The quantitative estimate of drug-likeness (QED) is 0.128. The predicted molar refractivity (Wildman–Crippen MR) is 136 cm³/mol. The molecule has 5 N–H and O–H groups in total. The first kappa shape index (κ1) is 27.3. The lowest BCUT2D eigenvalue weighted by atomic mass is 10.0. The number of anilines is 1. The Labute approximate surface area is 228 Å². The number of thioether (sulfide) groups is 1. The second kappa shape index (κ2) is 11.4. The first-order chi connectivity index (χ1) is 18.1. The number of thiazole rings is 2. The lowest BCUT2D eigenvalue weighted by molar-refractivity contribution is -0.690. The largest absolute Gasteiger partial charge is 0.543 e. The first-order valence-electron chi connectivity index (χ1n) is 11.0. The van der Waals surface area contributed by atoms with E-state index in [1.807, 2.05) is 17.0 Å². The van der Waals surface area contributed by atoms with Crippen LogP contribution in [0.25, 0.3) is 0 Å². The van der Waals surface area contributed by atoms with Crippen LogP contribution in [0.5, 0.6) is 0 Å². The molecule has 2 aliphatic heterocycles. The second-order valence-corrected chi connectivity index (χ2v) is 11.0. The van der Waals surface area contributed by atoms with Crippen LogP contribution < -0.4 is 26.5 Å². The molecule has 0 aliphatic carbocycles. The number of hydrogen-bond acceptors (Lipinski definition) is 13. The average Bonchev–Trinajstić information content (AvgIpc) is 3.45. The van der Waals surface area contributed by atoms with Gasteiger partial charge in [0.1, 0.15) is 24.2 Å². The number of fused-ring (bicyclic) bond motifs is 1. The van der Waals surface area contributed by atoms with Gasteiger partial charge >= 0.3 is 6.09 Å². The van der Waals surface area contributed by atoms with Crippen molar-refractivity contribution < 1.29 is 38.4 Å². The molecule has 38 heavy (non-hydrogen) atoms. The summed E-state index contributed by atoms with van der Waals surface area (Å²) in [6.07, 6.45) is -0.392. The summed E-state index contributed by atoms with van der Waals surface area (Å²) in [7, 11) is 1.26. The number of aromatic nitrogens is 2. The molecule has 1 fully saturated rings. The van der Waals surface area contributed by atoms with E-state index in [2.05, 4.69) is 15.5 Å². The van der Waals surface area contributed by atoms with Gasteiger partial charge in [-0.2, -0.15) is 4.57 Å². The molecule has 1 saturated heterocycles. The topological polar surface area (TPSA) is 206 Å². The molecule has 2 aromatic heterocycles. The Hall–Kier alpha value is -3.70. The van der Waals surface area contributed by atoms with E-state index in [4.69, 9.17) is 21.0 Å². The highest BCUT2D eigenvalue weighted by Crippen LogP contribution is 2.40. The molecule has 0 saturated carbocycles. The van der Waals surface area contributed by atoms with Crippen molar-refractivity contribution in [1.29, 1.82) is 0 Å². The van der Waals surface area contributed by atoms with Gasteiger partial charge in [-0.3, -0.25) is 14.5 Å². The van der Waals surface area contributed by atoms with Crippen LogP contribution in [-0.4, -0.2) is 70.4 Å². The van der Waals surface area contributed by atoms with Crippen molar-refractivity contribution in [2.45, 2.75) is 31.3 Å². The second-order valence-electron chi connectivity index (χ2n) is 8.07. The molecule has 14 nitrogen and oxygen atoms in total. The van der Waals surface area contributed by atoms with Crippen molar-refractivity contribution in [1.82, 2.24) is 15.2 Å². The third-order valence-corrected chi connectivity index (χ3v) is 8.94. The Kier molecular flexibility index (Phi) is 8.17. The number of primary amides is 1. The number of nitrogens with zero attached hydrogens (tertiary/aromatic N) is 4. The summed E-state index contributed by atoms with van der Waals surface area (Å²) in [5.41, 5.74) is 13.6. The molecule has 0 spiro atoms. The van der Waals surface area contributed by atoms with Gasteiger partial charge in [-0.1, -0.05) is 16.5 Å². The Morgan fingerprint density at radius 1 is 1.37 bits per heavy atom. The highest BCUT2D eigenvalue weighted by Gasteiger charge is 2.53. The third kappa shape index (κ3) is 5.44. The fraction of sp³-hybridized carbons (Fsp3) is 0.381. The van der Waals surface area contributed by atoms with Gasteiger partial charge in [0.2, 0.25) is 5.51 Å². The maximum Gasteiger partial charge on any atom is 0.404 e. The number of hydrogen-bond donors (Lipinski definition) is 3. The fourth-order valence-electron chi connectivity index (χ4n) is 3.99. The van der Waals surface area contributed by atoms with E-state index in [9.17, 15) is 24.3 Å². The van der Waals surface area contributed by atoms with Gasteiger partial charge in [0, 0.05) is 30.1 Å². The number of aliphatic carboxylic acids is 1. The number of carbonyl (C=O) groups is 4. The van der Waals surface area contributed by atoms with Crippen LogP contribution in [0.3, 0.4) is 0 Å². The van der Waals surface area contributed by atoms with Crippen molar-refractivity contribution in [2.75, 3.05) is 25.2 Å². The zero-order valence-corrected chi connectivity index (χ0v) is 22.6. The molecule has 0 radical (unpaired) electrons. The minimum atomic E-state index is -1.48. The maximum atomic E-state index is 13.0. The molecular formula is C21H23N7O7S3. The van der Waals surface area contributed by atoms with E-state index in [0.29, 0.717) is 17.7 Å². The van der Waals surface area contributed by atoms with E-state index in [-0.39, 0.29) is 35.4 Å². The number of carbonyl (C=O) groups excluding carboxylic acids is 4. The van der Waals surface area contributed by atoms with Crippen molar-refractivity contribution in [2.24, 2.45) is 10.9 Å². The number of nitrogen functional groups attached to an aromatic ring is 1. The van der Waals surface area contributed by atoms with Crippen LogP contribution in [0.1, 0.15) is 16.3 Å². The number of rotatable bonds is 10. The first-order valence-corrected chi connectivity index (χ1v) is 13.8. The van der Waals surface area contributed by atoms with Crippen LogP contribution in [0.2, 0.25) is 0 Å². The van der Waals surface area contributed by atoms with Crippen molar-refractivity contribution in [3.63, 3.8) is 0 Å². The monoisotopic (exact) mass is 581 g/mol. The third-order valence-electron chi connectivity index (χ3n) is 5.78. The number of nitrogens with one attached hydrogen (secondary N) is 1. The Balaban J connectivity index is 1.49. The van der Waals surface area contributed by atoms with Crippen LogP contribution in [0.4, 0.5) is 9.93 Å². The summed E-state index contributed by atoms with van der Waals surface area (Å²) < 4.78 is 6.65. The summed E-state index contributed by atoms with van der Waals surface area (Å²) in [4.78, 5) is 59.7. The SMILES string of the molecule is CO/N=C(\C(=O)N[C@@H]1C(=O)N2C(C(=O)[O-])=C(C[n+]3csc(CCOC(N)=O)c3C)CS[C@H]12)c1csc(N)n1. The molecule has 202 valence electrons. The molecule has 0 bridgehead atoms. The maximum absolute atomic E-state index is 13.0. The van der Waals surface area contributed by atoms with Crippen molar-refractivity contribution >= 4 is 69.2 Å². The number of ether oxygens (including phenoxy) is 1. The minimum absolute atomic E-state index is 0.128. The van der Waals surface area contributed by atoms with E-state index in [1.165, 1.54) is 35.6 Å². The summed E-state index contributed by atoms with van der Waals surface area (Å²) in [6, 6.07) is -0.978. The Bertz CT molecular complexity index is 1350. The number of β-lactam (4-membered cyclic amide) rings is 1. The van der Waals surface area contributed by atoms with E-state index < -0.39 is 35.3 Å². The molecule has 17 heteroatoms. The van der Waals surface area contributed by atoms with Crippen LogP contribution >= 0.6 is 34.4 Å². The zero-order valence-electron chi connectivity index (χ0n) is 20.2. The van der Waals surface area contributed by atoms with Gasteiger partial charge in [0.15, 0.2) is 23.1 Å². The molecule has 4 heterocycles. The molecule has 3 amide bonds. The zero-order chi connectivity index (χ0) is 27.6. The van der Waals surface area contributed by atoms with Crippen molar-refractivity contribution in [3.05, 3.63) is 38.4 Å². The van der Waals surface area contributed by atoms with Gasteiger partial charge in [-0.15, -0.1) is 23.1 Å². The predicted octanol–water partition coefficient (Wildman–Crippen LogP) is -1.52. The molecule has 2 atom stereocenters. The summed E-state index contributed by atoms with van der Waals surface area (Å²) >= 11 is 3.87. The van der Waals surface area contributed by atoms with Gasteiger partial charge in [0.25, 0.3) is 11.8 Å². The van der Waals surface area contributed by atoms with Gasteiger partial charge in [-0.25, -0.2) is 9.78 Å². The fourth-order valence-corrected chi connectivity index (χ4v) is 6.85. The Morgan fingerprint density at radius 3 is 2.76 bits per heavy atom. The van der Waals surface area contributed by atoms with Crippen LogP contribution in [0, 0.1) is 6.92 Å². The minimum Gasteiger partial charge on any atom is -0.543 e. The average molecular weight is 582 g/mol.